The maximum Gasteiger partial charge on any atom is 0.239 e. The van der Waals surface area contributed by atoms with Crippen molar-refractivity contribution in [2.75, 3.05) is 26.2 Å². The Morgan fingerprint density at radius 1 is 1.29 bits per heavy atom. The lowest BCUT2D eigenvalue weighted by Gasteiger charge is -2.37. The van der Waals surface area contributed by atoms with E-state index in [-0.39, 0.29) is 6.04 Å². The number of amides is 1. The summed E-state index contributed by atoms with van der Waals surface area (Å²) in [4.78, 5) is 22.1. The molecule has 0 unspecified atom stereocenters. The number of piperidine rings is 1. The molecule has 5 heteroatoms. The smallest absolute Gasteiger partial charge is 0.239 e. The van der Waals surface area contributed by atoms with Crippen molar-refractivity contribution < 1.29 is 4.79 Å². The van der Waals surface area contributed by atoms with Gasteiger partial charge in [0.05, 0.1) is 12.1 Å². The molecule has 0 bridgehead atoms. The quantitative estimate of drug-likeness (QED) is 0.832. The van der Waals surface area contributed by atoms with Gasteiger partial charge >= 0.3 is 0 Å². The second-order valence-corrected chi connectivity index (χ2v) is 7.62. The third kappa shape index (κ3) is 3.51. The van der Waals surface area contributed by atoms with Crippen molar-refractivity contribution in [3.63, 3.8) is 0 Å². The summed E-state index contributed by atoms with van der Waals surface area (Å²) in [7, 11) is 0. The average molecular weight is 332 g/mol. The zero-order chi connectivity index (χ0) is 17.1. The number of nitrogens with zero attached hydrogens (tertiary/aromatic N) is 4. The SMILES string of the molecule is CCCN1CCC[C@@H]1C(=O)N1CCC[C@H](n2ccnc2C(C)C)C1. The van der Waals surface area contributed by atoms with Gasteiger partial charge in [-0.25, -0.2) is 4.98 Å². The Morgan fingerprint density at radius 2 is 2.08 bits per heavy atom. The molecule has 134 valence electrons. The first-order chi connectivity index (χ1) is 11.6. The van der Waals surface area contributed by atoms with Gasteiger partial charge in [0.2, 0.25) is 5.91 Å². The van der Waals surface area contributed by atoms with Crippen LogP contribution in [-0.4, -0.2) is 57.5 Å². The standard InChI is InChI=1S/C19H32N4O/c1-4-10-21-11-6-8-17(21)19(24)22-12-5-7-16(14-22)23-13-9-20-18(23)15(2)3/h9,13,15-17H,4-8,10-12,14H2,1-3H3/t16-,17+/m0/s1. The van der Waals surface area contributed by atoms with Gasteiger partial charge < -0.3 is 9.47 Å². The molecule has 3 rings (SSSR count). The highest BCUT2D eigenvalue weighted by Crippen LogP contribution is 2.28. The lowest BCUT2D eigenvalue weighted by atomic mass is 10.0. The van der Waals surface area contributed by atoms with Gasteiger partial charge in [-0.2, -0.15) is 0 Å². The minimum atomic E-state index is 0.121. The highest BCUT2D eigenvalue weighted by molar-refractivity contribution is 5.82. The molecule has 2 atom stereocenters. The van der Waals surface area contributed by atoms with Crippen molar-refractivity contribution in [1.82, 2.24) is 19.4 Å². The molecule has 2 aliphatic rings. The van der Waals surface area contributed by atoms with Gasteiger partial charge in [0.25, 0.3) is 0 Å². The van der Waals surface area contributed by atoms with Crippen molar-refractivity contribution in [2.45, 2.75) is 70.9 Å². The number of imidazole rings is 1. The van der Waals surface area contributed by atoms with E-state index >= 15 is 0 Å². The van der Waals surface area contributed by atoms with Gasteiger partial charge in [-0.05, 0) is 45.2 Å². The van der Waals surface area contributed by atoms with Crippen LogP contribution in [0.5, 0.6) is 0 Å². The van der Waals surface area contributed by atoms with Crippen molar-refractivity contribution in [3.8, 4) is 0 Å². The summed E-state index contributed by atoms with van der Waals surface area (Å²) in [6.07, 6.45) is 9.53. The molecule has 2 fully saturated rings. The molecule has 3 heterocycles. The van der Waals surface area contributed by atoms with Crippen LogP contribution in [0.2, 0.25) is 0 Å². The summed E-state index contributed by atoms with van der Waals surface area (Å²) in [5.41, 5.74) is 0. The van der Waals surface area contributed by atoms with Crippen LogP contribution in [0.3, 0.4) is 0 Å². The third-order valence-corrected chi connectivity index (χ3v) is 5.48. The topological polar surface area (TPSA) is 41.4 Å². The van der Waals surface area contributed by atoms with E-state index in [1.807, 2.05) is 6.20 Å². The van der Waals surface area contributed by atoms with Crippen molar-refractivity contribution in [3.05, 3.63) is 18.2 Å². The van der Waals surface area contributed by atoms with Crippen LogP contribution in [0, 0.1) is 0 Å². The molecular formula is C19H32N4O. The monoisotopic (exact) mass is 332 g/mol. The molecule has 0 aromatic carbocycles. The minimum absolute atomic E-state index is 0.121. The molecule has 0 N–H and O–H groups in total. The van der Waals surface area contributed by atoms with Crippen LogP contribution >= 0.6 is 0 Å². The first-order valence-corrected chi connectivity index (χ1v) is 9.67. The molecule has 0 saturated carbocycles. The number of carbonyl (C=O) groups is 1. The second-order valence-electron chi connectivity index (χ2n) is 7.62. The third-order valence-electron chi connectivity index (χ3n) is 5.48. The van der Waals surface area contributed by atoms with Crippen molar-refractivity contribution in [2.24, 2.45) is 0 Å². The maximum absolute atomic E-state index is 13.1. The number of rotatable bonds is 5. The Bertz CT molecular complexity index is 553. The summed E-state index contributed by atoms with van der Waals surface area (Å²) >= 11 is 0. The summed E-state index contributed by atoms with van der Waals surface area (Å²) < 4.78 is 2.31. The van der Waals surface area contributed by atoms with Crippen LogP contribution in [-0.2, 0) is 4.79 Å². The highest BCUT2D eigenvalue weighted by Gasteiger charge is 2.35. The Labute approximate surface area is 146 Å². The molecule has 0 aliphatic carbocycles. The van der Waals surface area contributed by atoms with Crippen molar-refractivity contribution in [1.29, 1.82) is 0 Å². The van der Waals surface area contributed by atoms with E-state index < -0.39 is 0 Å². The summed E-state index contributed by atoms with van der Waals surface area (Å²) in [6, 6.07) is 0.500. The van der Waals surface area contributed by atoms with Crippen LogP contribution in [0.15, 0.2) is 12.4 Å². The number of carbonyl (C=O) groups excluding carboxylic acids is 1. The van der Waals surface area contributed by atoms with E-state index in [1.165, 1.54) is 0 Å². The van der Waals surface area contributed by atoms with E-state index in [0.29, 0.717) is 17.9 Å². The summed E-state index contributed by atoms with van der Waals surface area (Å²) in [6.45, 7) is 10.5. The average Bonchev–Trinajstić information content (AvgIpc) is 3.24. The fourth-order valence-corrected chi connectivity index (χ4v) is 4.33. The lowest BCUT2D eigenvalue weighted by molar-refractivity contribution is -0.137. The van der Waals surface area contributed by atoms with E-state index in [0.717, 1.165) is 64.1 Å². The largest absolute Gasteiger partial charge is 0.339 e. The Hall–Kier alpha value is -1.36. The molecule has 24 heavy (non-hydrogen) atoms. The van der Waals surface area contributed by atoms with Crippen LogP contribution in [0.25, 0.3) is 0 Å². The summed E-state index contributed by atoms with van der Waals surface area (Å²) in [5, 5.41) is 0. The first-order valence-electron chi connectivity index (χ1n) is 9.67. The van der Waals surface area contributed by atoms with E-state index in [1.54, 1.807) is 0 Å². The van der Waals surface area contributed by atoms with Gasteiger partial charge in [-0.15, -0.1) is 0 Å². The van der Waals surface area contributed by atoms with Crippen LogP contribution < -0.4 is 0 Å². The number of aromatic nitrogens is 2. The fourth-order valence-electron chi connectivity index (χ4n) is 4.33. The van der Waals surface area contributed by atoms with Gasteiger partial charge in [0, 0.05) is 31.4 Å². The number of hydrogen-bond donors (Lipinski definition) is 0. The zero-order valence-electron chi connectivity index (χ0n) is 15.4. The molecule has 1 amide bonds. The zero-order valence-corrected chi connectivity index (χ0v) is 15.4. The Balaban J connectivity index is 1.69. The molecule has 2 aliphatic heterocycles. The molecule has 1 aromatic heterocycles. The molecule has 5 nitrogen and oxygen atoms in total. The van der Waals surface area contributed by atoms with Gasteiger partial charge in [0.1, 0.15) is 5.82 Å². The molecular weight excluding hydrogens is 300 g/mol. The van der Waals surface area contributed by atoms with Gasteiger partial charge in [-0.3, -0.25) is 9.69 Å². The van der Waals surface area contributed by atoms with Crippen molar-refractivity contribution >= 4 is 5.91 Å². The normalized spacial score (nSPS) is 25.6. The minimum Gasteiger partial charge on any atom is -0.339 e. The number of likely N-dealkylation sites (tertiary alicyclic amines) is 2. The first kappa shape index (κ1) is 17.5. The maximum atomic E-state index is 13.1. The van der Waals surface area contributed by atoms with Crippen LogP contribution in [0.1, 0.15) is 70.7 Å². The molecule has 1 aromatic rings. The Kier molecular flexibility index (Phi) is 5.59. The van der Waals surface area contributed by atoms with E-state index in [2.05, 4.69) is 46.3 Å². The van der Waals surface area contributed by atoms with Gasteiger partial charge in [0.15, 0.2) is 0 Å². The fraction of sp³-hybridized carbons (Fsp3) is 0.789. The molecule has 0 spiro atoms. The van der Waals surface area contributed by atoms with E-state index in [4.69, 9.17) is 0 Å². The highest BCUT2D eigenvalue weighted by atomic mass is 16.2. The van der Waals surface area contributed by atoms with Gasteiger partial charge in [-0.1, -0.05) is 20.8 Å². The predicted octanol–water partition coefficient (Wildman–Crippen LogP) is 3.04. The summed E-state index contributed by atoms with van der Waals surface area (Å²) in [5.74, 6) is 1.92. The number of hydrogen-bond acceptors (Lipinski definition) is 3. The second kappa shape index (κ2) is 7.68. The molecule has 0 radical (unpaired) electrons. The predicted molar refractivity (Wildman–Crippen MR) is 96.1 cm³/mol. The van der Waals surface area contributed by atoms with Crippen LogP contribution in [0.4, 0.5) is 0 Å². The lowest BCUT2D eigenvalue weighted by Crippen LogP contribution is -2.49. The van der Waals surface area contributed by atoms with E-state index in [9.17, 15) is 4.79 Å². The molecule has 2 saturated heterocycles. The Morgan fingerprint density at radius 3 is 2.83 bits per heavy atom.